The molecule has 0 unspecified atom stereocenters. The second-order valence-corrected chi connectivity index (χ2v) is 4.55. The Balaban J connectivity index is 2.04. The molecule has 0 saturated heterocycles. The Bertz CT molecular complexity index is 466. The fourth-order valence-electron chi connectivity index (χ4n) is 1.39. The first-order valence-electron chi connectivity index (χ1n) is 5.49. The van der Waals surface area contributed by atoms with Gasteiger partial charge < -0.3 is 0 Å². The number of thioether (sulfide) groups is 1. The second kappa shape index (κ2) is 6.20. The number of unbranched alkanes of at least 4 members (excludes halogenated alkanes) is 1. The standard InChI is InChI=1S/C12H14N4S/c1-2-3-7-10-17-12-13-14-15-16(12)11-8-5-4-6-9-11/h2,4-6,8-9H,1,3,7,10H2. The second-order valence-electron chi connectivity index (χ2n) is 3.49. The summed E-state index contributed by atoms with van der Waals surface area (Å²) in [4.78, 5) is 0. The first-order valence-corrected chi connectivity index (χ1v) is 6.48. The van der Waals surface area contributed by atoms with Gasteiger partial charge in [0.15, 0.2) is 0 Å². The number of hydrogen-bond donors (Lipinski definition) is 0. The highest BCUT2D eigenvalue weighted by Gasteiger charge is 2.07. The Hall–Kier alpha value is -1.62. The van der Waals surface area contributed by atoms with Crippen LogP contribution in [0.1, 0.15) is 12.8 Å². The minimum absolute atomic E-state index is 0.834. The molecule has 2 rings (SSSR count). The van der Waals surface area contributed by atoms with Crippen molar-refractivity contribution in [1.29, 1.82) is 0 Å². The Kier molecular flexibility index (Phi) is 4.32. The molecule has 0 spiro atoms. The number of benzene rings is 1. The molecule has 2 aromatic rings. The van der Waals surface area contributed by atoms with E-state index in [9.17, 15) is 0 Å². The minimum Gasteiger partial charge on any atom is -0.188 e. The fourth-order valence-corrected chi connectivity index (χ4v) is 2.24. The van der Waals surface area contributed by atoms with Gasteiger partial charge in [0.1, 0.15) is 0 Å². The lowest BCUT2D eigenvalue weighted by Crippen LogP contribution is -1.98. The number of aromatic nitrogens is 4. The summed E-state index contributed by atoms with van der Waals surface area (Å²) in [6.07, 6.45) is 4.05. The van der Waals surface area contributed by atoms with Crippen molar-refractivity contribution in [2.75, 3.05) is 5.75 Å². The van der Waals surface area contributed by atoms with Crippen LogP contribution in [-0.2, 0) is 0 Å². The quantitative estimate of drug-likeness (QED) is 0.446. The highest BCUT2D eigenvalue weighted by molar-refractivity contribution is 7.99. The van der Waals surface area contributed by atoms with E-state index in [1.807, 2.05) is 36.4 Å². The molecule has 0 aliphatic heterocycles. The van der Waals surface area contributed by atoms with Crippen molar-refractivity contribution < 1.29 is 0 Å². The van der Waals surface area contributed by atoms with E-state index in [2.05, 4.69) is 22.1 Å². The van der Waals surface area contributed by atoms with Crippen molar-refractivity contribution in [3.63, 3.8) is 0 Å². The van der Waals surface area contributed by atoms with Gasteiger partial charge in [-0.1, -0.05) is 36.0 Å². The van der Waals surface area contributed by atoms with E-state index >= 15 is 0 Å². The summed E-state index contributed by atoms with van der Waals surface area (Å²) in [6, 6.07) is 9.91. The molecule has 0 saturated carbocycles. The van der Waals surface area contributed by atoms with Gasteiger partial charge in [0, 0.05) is 5.75 Å². The number of allylic oxidation sites excluding steroid dienone is 1. The zero-order chi connectivity index (χ0) is 11.9. The molecule has 1 heterocycles. The summed E-state index contributed by atoms with van der Waals surface area (Å²) in [6.45, 7) is 3.71. The van der Waals surface area contributed by atoms with E-state index in [1.54, 1.807) is 16.4 Å². The maximum Gasteiger partial charge on any atom is 0.214 e. The van der Waals surface area contributed by atoms with Crippen molar-refractivity contribution >= 4 is 11.8 Å². The van der Waals surface area contributed by atoms with Crippen LogP contribution in [0.5, 0.6) is 0 Å². The van der Waals surface area contributed by atoms with Crippen molar-refractivity contribution in [3.8, 4) is 5.69 Å². The van der Waals surface area contributed by atoms with Crippen molar-refractivity contribution in [2.45, 2.75) is 18.0 Å². The average Bonchev–Trinajstić information content (AvgIpc) is 2.84. The number of rotatable bonds is 6. The summed E-state index contributed by atoms with van der Waals surface area (Å²) in [5.74, 6) is 0.999. The van der Waals surface area contributed by atoms with E-state index < -0.39 is 0 Å². The third kappa shape index (κ3) is 3.17. The summed E-state index contributed by atoms with van der Waals surface area (Å²) < 4.78 is 1.76. The lowest BCUT2D eigenvalue weighted by molar-refractivity contribution is 0.756. The van der Waals surface area contributed by atoms with Gasteiger partial charge in [-0.2, -0.15) is 4.68 Å². The predicted molar refractivity (Wildman–Crippen MR) is 69.3 cm³/mol. The normalized spacial score (nSPS) is 10.4. The molecule has 0 atom stereocenters. The Morgan fingerprint density at radius 1 is 1.29 bits per heavy atom. The molecule has 0 N–H and O–H groups in total. The third-order valence-corrected chi connectivity index (χ3v) is 3.23. The molecule has 1 aromatic carbocycles. The third-order valence-electron chi connectivity index (χ3n) is 2.23. The molecular weight excluding hydrogens is 232 g/mol. The lowest BCUT2D eigenvalue weighted by Gasteiger charge is -2.02. The molecule has 17 heavy (non-hydrogen) atoms. The molecular formula is C12H14N4S. The van der Waals surface area contributed by atoms with Gasteiger partial charge in [-0.3, -0.25) is 0 Å². The Morgan fingerprint density at radius 2 is 2.12 bits per heavy atom. The van der Waals surface area contributed by atoms with Crippen LogP contribution in [0, 0.1) is 0 Å². The maximum atomic E-state index is 4.03. The van der Waals surface area contributed by atoms with Gasteiger partial charge in [0.2, 0.25) is 5.16 Å². The van der Waals surface area contributed by atoms with Crippen molar-refractivity contribution in [2.24, 2.45) is 0 Å². The molecule has 0 amide bonds. The molecule has 0 bridgehead atoms. The van der Waals surface area contributed by atoms with Crippen molar-refractivity contribution in [3.05, 3.63) is 43.0 Å². The van der Waals surface area contributed by atoms with Crippen LogP contribution in [0.2, 0.25) is 0 Å². The smallest absolute Gasteiger partial charge is 0.188 e. The van der Waals surface area contributed by atoms with E-state index in [4.69, 9.17) is 0 Å². The SMILES string of the molecule is C=CCCCSc1nnnn1-c1ccccc1. The van der Waals surface area contributed by atoms with E-state index in [-0.39, 0.29) is 0 Å². The monoisotopic (exact) mass is 246 g/mol. The van der Waals surface area contributed by atoms with Gasteiger partial charge in [0.25, 0.3) is 0 Å². The largest absolute Gasteiger partial charge is 0.214 e. The van der Waals surface area contributed by atoms with Gasteiger partial charge in [-0.15, -0.1) is 11.7 Å². The molecule has 0 fully saturated rings. The van der Waals surface area contributed by atoms with Gasteiger partial charge in [-0.05, 0) is 35.4 Å². The summed E-state index contributed by atoms with van der Waals surface area (Å²) >= 11 is 1.67. The summed E-state index contributed by atoms with van der Waals surface area (Å²) in [5, 5.41) is 12.6. The topological polar surface area (TPSA) is 43.6 Å². The lowest BCUT2D eigenvalue weighted by atomic mass is 10.3. The van der Waals surface area contributed by atoms with E-state index in [1.165, 1.54) is 0 Å². The molecule has 0 aliphatic carbocycles. The Morgan fingerprint density at radius 3 is 2.88 bits per heavy atom. The highest BCUT2D eigenvalue weighted by Crippen LogP contribution is 2.18. The van der Waals surface area contributed by atoms with E-state index in [0.29, 0.717) is 0 Å². The zero-order valence-corrected chi connectivity index (χ0v) is 10.3. The highest BCUT2D eigenvalue weighted by atomic mass is 32.2. The van der Waals surface area contributed by atoms with Crippen LogP contribution in [0.25, 0.3) is 5.69 Å². The number of hydrogen-bond acceptors (Lipinski definition) is 4. The molecule has 4 nitrogen and oxygen atoms in total. The van der Waals surface area contributed by atoms with Crippen LogP contribution < -0.4 is 0 Å². The predicted octanol–water partition coefficient (Wildman–Crippen LogP) is 2.72. The zero-order valence-electron chi connectivity index (χ0n) is 9.49. The molecule has 0 radical (unpaired) electrons. The maximum absolute atomic E-state index is 4.03. The number of nitrogens with zero attached hydrogens (tertiary/aromatic N) is 4. The summed E-state index contributed by atoms with van der Waals surface area (Å²) in [7, 11) is 0. The van der Waals surface area contributed by atoms with Crippen LogP contribution in [0.3, 0.4) is 0 Å². The first-order chi connectivity index (χ1) is 8.42. The number of para-hydroxylation sites is 1. The molecule has 5 heteroatoms. The number of tetrazole rings is 1. The van der Waals surface area contributed by atoms with Crippen LogP contribution in [0.4, 0.5) is 0 Å². The molecule has 1 aromatic heterocycles. The minimum atomic E-state index is 0.834. The van der Waals surface area contributed by atoms with Crippen LogP contribution in [-0.4, -0.2) is 26.0 Å². The van der Waals surface area contributed by atoms with Crippen LogP contribution >= 0.6 is 11.8 Å². The fraction of sp³-hybridized carbons (Fsp3) is 0.250. The first kappa shape index (κ1) is 11.9. The van der Waals surface area contributed by atoms with Gasteiger partial charge in [0.05, 0.1) is 5.69 Å². The molecule has 88 valence electrons. The van der Waals surface area contributed by atoms with Gasteiger partial charge in [-0.25, -0.2) is 0 Å². The summed E-state index contributed by atoms with van der Waals surface area (Å²) in [5.41, 5.74) is 0.990. The van der Waals surface area contributed by atoms with Crippen LogP contribution in [0.15, 0.2) is 48.1 Å². The van der Waals surface area contributed by atoms with E-state index in [0.717, 1.165) is 29.4 Å². The van der Waals surface area contributed by atoms with Crippen molar-refractivity contribution in [1.82, 2.24) is 20.2 Å². The van der Waals surface area contributed by atoms with Gasteiger partial charge >= 0.3 is 0 Å². The molecule has 0 aliphatic rings. The Labute approximate surface area is 105 Å². The average molecular weight is 246 g/mol.